The normalized spacial score (nSPS) is 16.3. The minimum atomic E-state index is -0.0197. The number of hydrogen-bond acceptors (Lipinski definition) is 3. The second-order valence-corrected chi connectivity index (χ2v) is 5.80. The number of nitrogens with zero attached hydrogens (tertiary/aromatic N) is 1. The van der Waals surface area contributed by atoms with Gasteiger partial charge in [-0.1, -0.05) is 22.0 Å². The van der Waals surface area contributed by atoms with Crippen LogP contribution in [0, 0.1) is 0 Å². The number of carbonyl (C=O) groups excluding carboxylic acids is 1. The molecule has 2 rings (SSSR count). The van der Waals surface area contributed by atoms with Gasteiger partial charge >= 0.3 is 0 Å². The van der Waals surface area contributed by atoms with E-state index in [0.29, 0.717) is 21.9 Å². The monoisotopic (exact) mass is 327 g/mol. The third kappa shape index (κ3) is 3.03. The van der Waals surface area contributed by atoms with Crippen LogP contribution in [0.1, 0.15) is 23.2 Å². The van der Waals surface area contributed by atoms with Crippen molar-refractivity contribution in [3.8, 4) is 11.5 Å². The van der Waals surface area contributed by atoms with Gasteiger partial charge in [0.2, 0.25) is 0 Å². The molecule has 1 heterocycles. The zero-order valence-corrected chi connectivity index (χ0v) is 12.8. The van der Waals surface area contributed by atoms with Crippen LogP contribution in [0.5, 0.6) is 11.5 Å². The zero-order chi connectivity index (χ0) is 13.8. The molecule has 1 aromatic rings. The lowest BCUT2D eigenvalue weighted by Gasteiger charge is -2.30. The van der Waals surface area contributed by atoms with Gasteiger partial charge in [0.15, 0.2) is 0 Å². The Morgan fingerprint density at radius 3 is 2.21 bits per heavy atom. The van der Waals surface area contributed by atoms with Gasteiger partial charge in [-0.25, -0.2) is 0 Å². The average Bonchev–Trinajstić information content (AvgIpc) is 2.46. The summed E-state index contributed by atoms with van der Waals surface area (Å²) in [6.45, 7) is 1.52. The zero-order valence-electron chi connectivity index (χ0n) is 11.2. The van der Waals surface area contributed by atoms with Crippen molar-refractivity contribution in [2.24, 2.45) is 0 Å². The largest absolute Gasteiger partial charge is 0.496 e. The van der Waals surface area contributed by atoms with Crippen LogP contribution in [0.4, 0.5) is 0 Å². The summed E-state index contributed by atoms with van der Waals surface area (Å²) in [5, 5.41) is 0. The van der Waals surface area contributed by atoms with Crippen LogP contribution >= 0.6 is 15.9 Å². The second kappa shape index (κ2) is 6.28. The van der Waals surface area contributed by atoms with E-state index < -0.39 is 0 Å². The van der Waals surface area contributed by atoms with E-state index in [1.807, 2.05) is 11.0 Å². The highest BCUT2D eigenvalue weighted by atomic mass is 79.9. The number of hydrogen-bond donors (Lipinski definition) is 0. The van der Waals surface area contributed by atoms with Crippen molar-refractivity contribution in [3.63, 3.8) is 0 Å². The molecular formula is C14H18BrNO3. The summed E-state index contributed by atoms with van der Waals surface area (Å²) in [4.78, 5) is 15.0. The maximum absolute atomic E-state index is 12.6. The van der Waals surface area contributed by atoms with Gasteiger partial charge in [-0.05, 0) is 25.0 Å². The Morgan fingerprint density at radius 2 is 1.74 bits per heavy atom. The number of benzene rings is 1. The van der Waals surface area contributed by atoms with Gasteiger partial charge in [-0.15, -0.1) is 0 Å². The van der Waals surface area contributed by atoms with Crippen LogP contribution in [0.2, 0.25) is 0 Å². The van der Waals surface area contributed by atoms with E-state index in [2.05, 4.69) is 15.9 Å². The molecule has 5 heteroatoms. The van der Waals surface area contributed by atoms with Crippen molar-refractivity contribution in [1.82, 2.24) is 4.90 Å². The van der Waals surface area contributed by atoms with Crippen LogP contribution in [-0.4, -0.2) is 42.9 Å². The Hall–Kier alpha value is -1.23. The molecule has 1 fully saturated rings. The van der Waals surface area contributed by atoms with E-state index in [-0.39, 0.29) is 5.91 Å². The molecule has 104 valence electrons. The number of carbonyl (C=O) groups is 1. The minimum absolute atomic E-state index is 0.0197. The van der Waals surface area contributed by atoms with Gasteiger partial charge in [0.1, 0.15) is 17.1 Å². The van der Waals surface area contributed by atoms with Crippen molar-refractivity contribution < 1.29 is 14.3 Å². The highest BCUT2D eigenvalue weighted by Crippen LogP contribution is 2.30. The average molecular weight is 328 g/mol. The summed E-state index contributed by atoms with van der Waals surface area (Å²) in [5.41, 5.74) is 0.514. The number of amides is 1. The van der Waals surface area contributed by atoms with Crippen LogP contribution < -0.4 is 9.47 Å². The molecule has 4 nitrogen and oxygen atoms in total. The first-order valence-electron chi connectivity index (χ1n) is 6.31. The summed E-state index contributed by atoms with van der Waals surface area (Å²) in [6, 6.07) is 5.39. The molecule has 1 saturated heterocycles. The molecule has 0 unspecified atom stereocenters. The molecule has 0 aromatic heterocycles. The number of rotatable bonds is 3. The number of ether oxygens (including phenoxy) is 2. The van der Waals surface area contributed by atoms with Crippen molar-refractivity contribution >= 4 is 21.8 Å². The van der Waals surface area contributed by atoms with Crippen LogP contribution in [0.15, 0.2) is 18.2 Å². The van der Waals surface area contributed by atoms with Crippen molar-refractivity contribution in [1.29, 1.82) is 0 Å². The second-order valence-electron chi connectivity index (χ2n) is 4.50. The lowest BCUT2D eigenvalue weighted by atomic mass is 10.1. The smallest absolute Gasteiger partial charge is 0.261 e. The Bertz CT molecular complexity index is 434. The van der Waals surface area contributed by atoms with Gasteiger partial charge in [-0.3, -0.25) is 4.79 Å². The molecule has 1 amide bonds. The first kappa shape index (κ1) is 14.2. The molecular weight excluding hydrogens is 310 g/mol. The van der Waals surface area contributed by atoms with E-state index >= 15 is 0 Å². The summed E-state index contributed by atoms with van der Waals surface area (Å²) in [7, 11) is 3.13. The summed E-state index contributed by atoms with van der Waals surface area (Å²) < 4.78 is 10.6. The summed E-state index contributed by atoms with van der Waals surface area (Å²) >= 11 is 3.59. The molecule has 1 aromatic carbocycles. The fourth-order valence-electron chi connectivity index (χ4n) is 2.27. The quantitative estimate of drug-likeness (QED) is 0.801. The maximum atomic E-state index is 12.6. The van der Waals surface area contributed by atoms with E-state index in [9.17, 15) is 4.79 Å². The van der Waals surface area contributed by atoms with Crippen LogP contribution in [-0.2, 0) is 0 Å². The first-order valence-corrected chi connectivity index (χ1v) is 7.23. The van der Waals surface area contributed by atoms with E-state index in [4.69, 9.17) is 9.47 Å². The van der Waals surface area contributed by atoms with Gasteiger partial charge < -0.3 is 14.4 Å². The lowest BCUT2D eigenvalue weighted by molar-refractivity contribution is 0.0721. The van der Waals surface area contributed by atoms with E-state index in [1.165, 1.54) is 0 Å². The highest BCUT2D eigenvalue weighted by molar-refractivity contribution is 9.09. The van der Waals surface area contributed by atoms with Crippen molar-refractivity contribution in [3.05, 3.63) is 23.8 Å². The molecule has 0 bridgehead atoms. The maximum Gasteiger partial charge on any atom is 0.261 e. The number of piperidine rings is 1. The standard InChI is InChI=1S/C14H18BrNO3/c1-18-11-4-3-5-12(19-2)13(11)14(17)16-8-6-10(15)7-9-16/h3-5,10H,6-9H2,1-2H3. The SMILES string of the molecule is COc1cccc(OC)c1C(=O)N1CCC(Br)CC1. The Kier molecular flexibility index (Phi) is 4.69. The topological polar surface area (TPSA) is 38.8 Å². The number of halogens is 1. The minimum Gasteiger partial charge on any atom is -0.496 e. The molecule has 0 atom stereocenters. The Labute approximate surface area is 121 Å². The third-order valence-electron chi connectivity index (χ3n) is 3.35. The molecule has 0 saturated carbocycles. The molecule has 0 aliphatic carbocycles. The predicted molar refractivity (Wildman–Crippen MR) is 77.4 cm³/mol. The predicted octanol–water partition coefficient (Wildman–Crippen LogP) is 2.70. The highest BCUT2D eigenvalue weighted by Gasteiger charge is 2.26. The van der Waals surface area contributed by atoms with Crippen molar-refractivity contribution in [2.75, 3.05) is 27.3 Å². The molecule has 0 N–H and O–H groups in total. The molecule has 0 radical (unpaired) electrons. The van der Waals surface area contributed by atoms with E-state index in [1.54, 1.807) is 26.4 Å². The summed E-state index contributed by atoms with van der Waals surface area (Å²) in [6.07, 6.45) is 1.95. The van der Waals surface area contributed by atoms with Crippen LogP contribution in [0.25, 0.3) is 0 Å². The first-order chi connectivity index (χ1) is 9.17. The van der Waals surface area contributed by atoms with Crippen molar-refractivity contribution in [2.45, 2.75) is 17.7 Å². The fourth-order valence-corrected chi connectivity index (χ4v) is 2.68. The van der Waals surface area contributed by atoms with Gasteiger partial charge in [0.25, 0.3) is 5.91 Å². The molecule has 1 aliphatic heterocycles. The van der Waals surface area contributed by atoms with Gasteiger partial charge in [0.05, 0.1) is 14.2 Å². The molecule has 1 aliphatic rings. The van der Waals surface area contributed by atoms with Gasteiger partial charge in [0, 0.05) is 17.9 Å². The van der Waals surface area contributed by atoms with Crippen LogP contribution in [0.3, 0.4) is 0 Å². The van der Waals surface area contributed by atoms with Gasteiger partial charge in [-0.2, -0.15) is 0 Å². The number of likely N-dealkylation sites (tertiary alicyclic amines) is 1. The molecule has 0 spiro atoms. The van der Waals surface area contributed by atoms with E-state index in [0.717, 1.165) is 25.9 Å². The third-order valence-corrected chi connectivity index (χ3v) is 4.27. The number of methoxy groups -OCH3 is 2. The Morgan fingerprint density at radius 1 is 1.21 bits per heavy atom. The summed E-state index contributed by atoms with van der Waals surface area (Å²) in [5.74, 6) is 1.10. The molecule has 19 heavy (non-hydrogen) atoms. The Balaban J connectivity index is 2.27. The number of alkyl halides is 1. The fraction of sp³-hybridized carbons (Fsp3) is 0.500. The lowest BCUT2D eigenvalue weighted by Crippen LogP contribution is -2.39.